The van der Waals surface area contributed by atoms with E-state index in [2.05, 4.69) is 48.6 Å². The van der Waals surface area contributed by atoms with Gasteiger partial charge in [-0.15, -0.1) is 0 Å². The Kier molecular flexibility index (Phi) is 5.85. The molecule has 0 amide bonds. The molecular weight excluding hydrogens is 353 g/mol. The maximum atomic E-state index is 6.02. The van der Waals surface area contributed by atoms with Crippen molar-refractivity contribution in [3.8, 4) is 5.75 Å². The Morgan fingerprint density at radius 2 is 1.48 bits per heavy atom. The molecule has 0 atom stereocenters. The van der Waals surface area contributed by atoms with E-state index in [1.807, 2.05) is 24.3 Å². The van der Waals surface area contributed by atoms with Crippen LogP contribution in [0.4, 0.5) is 5.69 Å². The normalized spacial score (nSPS) is 10.5. The molecule has 128 valence electrons. The van der Waals surface area contributed by atoms with Crippen molar-refractivity contribution in [2.45, 2.75) is 20.1 Å². The molecule has 0 radical (unpaired) electrons. The first-order valence-electron chi connectivity index (χ1n) is 8.06. The van der Waals surface area contributed by atoms with Crippen LogP contribution in [0.15, 0.2) is 66.7 Å². The van der Waals surface area contributed by atoms with E-state index in [0.29, 0.717) is 23.2 Å². The molecule has 3 aromatic carbocycles. The maximum absolute atomic E-state index is 6.02. The Bertz CT molecular complexity index is 830. The molecule has 0 aromatic heterocycles. The second kappa shape index (κ2) is 8.28. The van der Waals surface area contributed by atoms with Gasteiger partial charge in [0, 0.05) is 12.2 Å². The van der Waals surface area contributed by atoms with E-state index in [4.69, 9.17) is 27.9 Å². The third kappa shape index (κ3) is 5.15. The van der Waals surface area contributed by atoms with Crippen LogP contribution in [0, 0.1) is 6.92 Å². The summed E-state index contributed by atoms with van der Waals surface area (Å²) in [6.07, 6.45) is 0. The van der Waals surface area contributed by atoms with E-state index in [-0.39, 0.29) is 0 Å². The molecule has 0 aliphatic carbocycles. The maximum Gasteiger partial charge on any atom is 0.119 e. The number of hydrogen-bond acceptors (Lipinski definition) is 2. The zero-order valence-electron chi connectivity index (χ0n) is 13.9. The fourth-order valence-corrected chi connectivity index (χ4v) is 2.66. The van der Waals surface area contributed by atoms with E-state index in [0.717, 1.165) is 22.6 Å². The second-order valence-electron chi connectivity index (χ2n) is 5.90. The predicted molar refractivity (Wildman–Crippen MR) is 106 cm³/mol. The van der Waals surface area contributed by atoms with Crippen LogP contribution in [0.2, 0.25) is 10.0 Å². The molecule has 0 bridgehead atoms. The minimum absolute atomic E-state index is 0.548. The molecule has 0 saturated carbocycles. The highest BCUT2D eigenvalue weighted by molar-refractivity contribution is 6.42. The fourth-order valence-electron chi connectivity index (χ4n) is 2.36. The summed E-state index contributed by atoms with van der Waals surface area (Å²) in [5.74, 6) is 0.860. The van der Waals surface area contributed by atoms with Gasteiger partial charge in [-0.2, -0.15) is 0 Å². The third-order valence-electron chi connectivity index (χ3n) is 3.87. The quantitative estimate of drug-likeness (QED) is 0.534. The first-order valence-corrected chi connectivity index (χ1v) is 8.82. The lowest BCUT2D eigenvalue weighted by atomic mass is 10.2. The Morgan fingerprint density at radius 1 is 0.800 bits per heavy atom. The van der Waals surface area contributed by atoms with Crippen molar-refractivity contribution >= 4 is 28.9 Å². The smallest absolute Gasteiger partial charge is 0.119 e. The number of halogens is 2. The average Bonchev–Trinajstić information content (AvgIpc) is 2.63. The van der Waals surface area contributed by atoms with Gasteiger partial charge in [-0.05, 0) is 48.4 Å². The topological polar surface area (TPSA) is 21.3 Å². The number of anilines is 1. The molecule has 0 fully saturated rings. The van der Waals surface area contributed by atoms with E-state index in [1.165, 1.54) is 5.56 Å². The minimum Gasteiger partial charge on any atom is -0.489 e. The summed E-state index contributed by atoms with van der Waals surface area (Å²) in [6, 6.07) is 22.0. The molecular formula is C21H19Cl2NO. The Hall–Kier alpha value is -2.16. The Labute approximate surface area is 158 Å². The standard InChI is InChI=1S/C21H19Cl2NO/c1-15-2-4-17(5-3-15)14-25-19-9-6-16(7-10-19)13-24-18-8-11-20(22)21(23)12-18/h2-12,24H,13-14H2,1H3. The van der Waals surface area contributed by atoms with E-state index >= 15 is 0 Å². The number of aryl methyl sites for hydroxylation is 1. The van der Waals surface area contributed by atoms with Crippen LogP contribution in [-0.4, -0.2) is 0 Å². The summed E-state index contributed by atoms with van der Waals surface area (Å²) >= 11 is 11.9. The third-order valence-corrected chi connectivity index (χ3v) is 4.60. The van der Waals surface area contributed by atoms with Crippen LogP contribution in [0.5, 0.6) is 5.75 Å². The van der Waals surface area contributed by atoms with Crippen molar-refractivity contribution < 1.29 is 4.74 Å². The molecule has 3 aromatic rings. The lowest BCUT2D eigenvalue weighted by Gasteiger charge is -2.10. The van der Waals surface area contributed by atoms with Crippen LogP contribution in [0.3, 0.4) is 0 Å². The molecule has 1 N–H and O–H groups in total. The number of benzene rings is 3. The summed E-state index contributed by atoms with van der Waals surface area (Å²) in [5.41, 5.74) is 4.52. The molecule has 0 aliphatic rings. The van der Waals surface area contributed by atoms with Gasteiger partial charge in [0.1, 0.15) is 12.4 Å². The van der Waals surface area contributed by atoms with Gasteiger partial charge >= 0.3 is 0 Å². The molecule has 0 unspecified atom stereocenters. The Morgan fingerprint density at radius 3 is 2.16 bits per heavy atom. The summed E-state index contributed by atoms with van der Waals surface area (Å²) in [5, 5.41) is 4.43. The molecule has 0 aliphatic heterocycles. The van der Waals surface area contributed by atoms with Crippen molar-refractivity contribution in [3.63, 3.8) is 0 Å². The predicted octanol–water partition coefficient (Wildman–Crippen LogP) is 6.49. The van der Waals surface area contributed by atoms with E-state index < -0.39 is 0 Å². The molecule has 0 spiro atoms. The molecule has 0 heterocycles. The SMILES string of the molecule is Cc1ccc(COc2ccc(CNc3ccc(Cl)c(Cl)c3)cc2)cc1. The van der Waals surface area contributed by atoms with Gasteiger partial charge in [-0.25, -0.2) is 0 Å². The minimum atomic E-state index is 0.548. The van der Waals surface area contributed by atoms with Gasteiger partial charge in [0.2, 0.25) is 0 Å². The highest BCUT2D eigenvalue weighted by Crippen LogP contribution is 2.25. The Balaban J connectivity index is 1.53. The van der Waals surface area contributed by atoms with Gasteiger partial charge in [0.05, 0.1) is 10.0 Å². The van der Waals surface area contributed by atoms with Gasteiger partial charge in [-0.3, -0.25) is 0 Å². The molecule has 25 heavy (non-hydrogen) atoms. The molecule has 3 rings (SSSR count). The van der Waals surface area contributed by atoms with Crippen molar-refractivity contribution in [2.24, 2.45) is 0 Å². The van der Waals surface area contributed by atoms with Crippen LogP contribution >= 0.6 is 23.2 Å². The van der Waals surface area contributed by atoms with Gasteiger partial charge in [0.15, 0.2) is 0 Å². The van der Waals surface area contributed by atoms with Gasteiger partial charge in [0.25, 0.3) is 0 Å². The number of hydrogen-bond donors (Lipinski definition) is 1. The first kappa shape index (κ1) is 17.7. The lowest BCUT2D eigenvalue weighted by Crippen LogP contribution is -2.00. The number of nitrogens with one attached hydrogen (secondary N) is 1. The summed E-state index contributed by atoms with van der Waals surface area (Å²) < 4.78 is 5.83. The summed E-state index contributed by atoms with van der Waals surface area (Å²) in [4.78, 5) is 0. The van der Waals surface area contributed by atoms with Crippen LogP contribution in [0.1, 0.15) is 16.7 Å². The van der Waals surface area contributed by atoms with Gasteiger partial charge in [-0.1, -0.05) is 65.2 Å². The van der Waals surface area contributed by atoms with Crippen LogP contribution < -0.4 is 10.1 Å². The number of ether oxygens (including phenoxy) is 1. The largest absolute Gasteiger partial charge is 0.489 e. The first-order chi connectivity index (χ1) is 12.1. The summed E-state index contributed by atoms with van der Waals surface area (Å²) in [6.45, 7) is 3.35. The lowest BCUT2D eigenvalue weighted by molar-refractivity contribution is 0.306. The zero-order valence-corrected chi connectivity index (χ0v) is 15.4. The monoisotopic (exact) mass is 371 g/mol. The van der Waals surface area contributed by atoms with Crippen LogP contribution in [0.25, 0.3) is 0 Å². The average molecular weight is 372 g/mol. The second-order valence-corrected chi connectivity index (χ2v) is 6.72. The highest BCUT2D eigenvalue weighted by atomic mass is 35.5. The number of rotatable bonds is 6. The van der Waals surface area contributed by atoms with Crippen LogP contribution in [-0.2, 0) is 13.2 Å². The van der Waals surface area contributed by atoms with Gasteiger partial charge < -0.3 is 10.1 Å². The molecule has 2 nitrogen and oxygen atoms in total. The highest BCUT2D eigenvalue weighted by Gasteiger charge is 2.01. The molecule has 0 saturated heterocycles. The fraction of sp³-hybridized carbons (Fsp3) is 0.143. The van der Waals surface area contributed by atoms with Crippen molar-refractivity contribution in [2.75, 3.05) is 5.32 Å². The van der Waals surface area contributed by atoms with E-state index in [9.17, 15) is 0 Å². The zero-order chi connectivity index (χ0) is 17.6. The van der Waals surface area contributed by atoms with Crippen molar-refractivity contribution in [1.29, 1.82) is 0 Å². The van der Waals surface area contributed by atoms with Crippen molar-refractivity contribution in [3.05, 3.63) is 93.5 Å². The van der Waals surface area contributed by atoms with E-state index in [1.54, 1.807) is 6.07 Å². The molecule has 4 heteroatoms. The van der Waals surface area contributed by atoms with Crippen molar-refractivity contribution in [1.82, 2.24) is 0 Å². The summed E-state index contributed by atoms with van der Waals surface area (Å²) in [7, 11) is 0.